The molecule has 0 heterocycles. The number of rotatable bonds is 5. The second-order valence-electron chi connectivity index (χ2n) is 5.11. The van der Waals surface area contributed by atoms with Crippen molar-refractivity contribution in [1.82, 2.24) is 0 Å². The topological polar surface area (TPSA) is 55.2 Å². The highest BCUT2D eigenvalue weighted by Crippen LogP contribution is 2.29. The Hall–Kier alpha value is -1.65. The van der Waals surface area contributed by atoms with E-state index in [2.05, 4.69) is 5.32 Å². The van der Waals surface area contributed by atoms with Crippen LogP contribution in [-0.2, 0) is 0 Å². The number of para-hydroxylation sites is 1. The molecular weight excluding hydrogens is 247 g/mol. The largest absolute Gasteiger partial charge is 0.377 e. The average Bonchev–Trinajstić information content (AvgIpc) is 2.41. The van der Waals surface area contributed by atoms with Crippen molar-refractivity contribution in [1.29, 1.82) is 0 Å². The van der Waals surface area contributed by atoms with E-state index in [4.69, 9.17) is 0 Å². The van der Waals surface area contributed by atoms with Gasteiger partial charge in [-0.3, -0.25) is 10.1 Å². The Bertz CT molecular complexity index is 445. The summed E-state index contributed by atoms with van der Waals surface area (Å²) < 4.78 is 13.6. The zero-order chi connectivity index (χ0) is 13.7. The second kappa shape index (κ2) is 6.50. The summed E-state index contributed by atoms with van der Waals surface area (Å²) in [6, 6.07) is 3.93. The van der Waals surface area contributed by atoms with E-state index in [1.807, 2.05) is 0 Å². The van der Waals surface area contributed by atoms with Gasteiger partial charge in [0.1, 0.15) is 5.69 Å². The molecule has 0 aliphatic heterocycles. The molecule has 0 spiro atoms. The van der Waals surface area contributed by atoms with Gasteiger partial charge in [0.05, 0.1) is 4.92 Å². The Morgan fingerprint density at radius 1 is 1.32 bits per heavy atom. The molecule has 1 aliphatic carbocycles. The summed E-state index contributed by atoms with van der Waals surface area (Å²) in [7, 11) is 0. The first-order chi connectivity index (χ1) is 9.18. The normalized spacial score (nSPS) is 16.3. The third-order valence-corrected chi connectivity index (χ3v) is 3.77. The SMILES string of the molecule is O=[N+]([O-])c1cccc(F)c1NCCC1CCCCC1. The summed E-state index contributed by atoms with van der Waals surface area (Å²) in [5, 5.41) is 13.7. The number of nitrogens with one attached hydrogen (secondary N) is 1. The lowest BCUT2D eigenvalue weighted by molar-refractivity contribution is -0.384. The predicted molar refractivity (Wildman–Crippen MR) is 72.7 cm³/mol. The number of benzene rings is 1. The molecule has 1 N–H and O–H groups in total. The van der Waals surface area contributed by atoms with Crippen molar-refractivity contribution in [2.24, 2.45) is 5.92 Å². The lowest BCUT2D eigenvalue weighted by Crippen LogP contribution is -2.13. The third-order valence-electron chi connectivity index (χ3n) is 3.77. The van der Waals surface area contributed by atoms with Crippen LogP contribution in [0.15, 0.2) is 18.2 Å². The van der Waals surface area contributed by atoms with Gasteiger partial charge in [-0.15, -0.1) is 0 Å². The van der Waals surface area contributed by atoms with Gasteiger partial charge in [0.15, 0.2) is 5.82 Å². The molecule has 19 heavy (non-hydrogen) atoms. The predicted octanol–water partition coefficient (Wildman–Crippen LogP) is 4.12. The molecule has 0 amide bonds. The molecule has 0 aromatic heterocycles. The van der Waals surface area contributed by atoms with Crippen LogP contribution >= 0.6 is 0 Å². The van der Waals surface area contributed by atoms with Gasteiger partial charge in [0, 0.05) is 12.6 Å². The van der Waals surface area contributed by atoms with E-state index in [9.17, 15) is 14.5 Å². The van der Waals surface area contributed by atoms with E-state index < -0.39 is 10.7 Å². The molecule has 1 aliphatic rings. The maximum atomic E-state index is 13.6. The van der Waals surface area contributed by atoms with Gasteiger partial charge in [-0.05, 0) is 18.4 Å². The van der Waals surface area contributed by atoms with Gasteiger partial charge in [-0.25, -0.2) is 4.39 Å². The highest BCUT2D eigenvalue weighted by atomic mass is 19.1. The Morgan fingerprint density at radius 3 is 2.74 bits per heavy atom. The molecule has 4 nitrogen and oxygen atoms in total. The average molecular weight is 266 g/mol. The van der Waals surface area contributed by atoms with Crippen LogP contribution in [0.4, 0.5) is 15.8 Å². The Labute approximate surface area is 112 Å². The van der Waals surface area contributed by atoms with Gasteiger partial charge >= 0.3 is 0 Å². The second-order valence-corrected chi connectivity index (χ2v) is 5.11. The third kappa shape index (κ3) is 3.66. The number of nitrogens with zero attached hydrogens (tertiary/aromatic N) is 1. The van der Waals surface area contributed by atoms with E-state index >= 15 is 0 Å². The fourth-order valence-electron chi connectivity index (χ4n) is 2.72. The Balaban J connectivity index is 1.93. The molecule has 1 aromatic rings. The van der Waals surface area contributed by atoms with Crippen molar-refractivity contribution in [2.45, 2.75) is 38.5 Å². The zero-order valence-corrected chi connectivity index (χ0v) is 10.9. The van der Waals surface area contributed by atoms with Crippen LogP contribution in [-0.4, -0.2) is 11.5 Å². The molecule has 0 atom stereocenters. The number of nitro benzene ring substituents is 1. The lowest BCUT2D eigenvalue weighted by Gasteiger charge is -2.21. The Morgan fingerprint density at radius 2 is 2.05 bits per heavy atom. The summed E-state index contributed by atoms with van der Waals surface area (Å²) in [4.78, 5) is 10.3. The maximum absolute atomic E-state index is 13.6. The summed E-state index contributed by atoms with van der Waals surface area (Å²) in [5.74, 6) is 0.116. The quantitative estimate of drug-likeness (QED) is 0.644. The summed E-state index contributed by atoms with van der Waals surface area (Å²) >= 11 is 0. The molecule has 0 unspecified atom stereocenters. The number of anilines is 1. The number of hydrogen-bond donors (Lipinski definition) is 1. The first kappa shape index (κ1) is 13.8. The van der Waals surface area contributed by atoms with Gasteiger partial charge in [0.2, 0.25) is 0 Å². The van der Waals surface area contributed by atoms with Crippen LogP contribution in [0.3, 0.4) is 0 Å². The summed E-state index contributed by atoms with van der Waals surface area (Å²) in [6.45, 7) is 0.590. The van der Waals surface area contributed by atoms with E-state index in [0.717, 1.165) is 6.42 Å². The monoisotopic (exact) mass is 266 g/mol. The van der Waals surface area contributed by atoms with Crippen LogP contribution in [0, 0.1) is 21.8 Å². The standard InChI is InChI=1S/C14H19FN2O2/c15-12-7-4-8-13(17(18)19)14(12)16-10-9-11-5-2-1-3-6-11/h4,7-8,11,16H,1-3,5-6,9-10H2. The first-order valence-corrected chi connectivity index (χ1v) is 6.85. The van der Waals surface area contributed by atoms with Crippen molar-refractivity contribution in [3.8, 4) is 0 Å². The Kier molecular flexibility index (Phi) is 4.71. The first-order valence-electron chi connectivity index (χ1n) is 6.85. The molecule has 5 heteroatoms. The smallest absolute Gasteiger partial charge is 0.295 e. The number of hydrogen-bond acceptors (Lipinski definition) is 3. The van der Waals surface area contributed by atoms with E-state index in [1.54, 1.807) is 0 Å². The molecule has 2 rings (SSSR count). The van der Waals surface area contributed by atoms with Gasteiger partial charge in [-0.2, -0.15) is 0 Å². The highest BCUT2D eigenvalue weighted by molar-refractivity contribution is 5.62. The van der Waals surface area contributed by atoms with E-state index in [1.165, 1.54) is 50.3 Å². The van der Waals surface area contributed by atoms with Gasteiger partial charge in [-0.1, -0.05) is 38.2 Å². The minimum absolute atomic E-state index is 0.0170. The van der Waals surface area contributed by atoms with Crippen molar-refractivity contribution >= 4 is 11.4 Å². The summed E-state index contributed by atoms with van der Waals surface area (Å²) in [5.41, 5.74) is -0.174. The van der Waals surface area contributed by atoms with E-state index in [0.29, 0.717) is 12.5 Å². The van der Waals surface area contributed by atoms with Gasteiger partial charge < -0.3 is 5.32 Å². The maximum Gasteiger partial charge on any atom is 0.295 e. The lowest BCUT2D eigenvalue weighted by atomic mass is 9.87. The van der Waals surface area contributed by atoms with Crippen LogP contribution in [0.5, 0.6) is 0 Å². The molecule has 0 radical (unpaired) electrons. The fourth-order valence-corrected chi connectivity index (χ4v) is 2.72. The van der Waals surface area contributed by atoms with Gasteiger partial charge in [0.25, 0.3) is 5.69 Å². The molecule has 104 valence electrons. The van der Waals surface area contributed by atoms with Crippen LogP contribution in [0.2, 0.25) is 0 Å². The summed E-state index contributed by atoms with van der Waals surface area (Å²) in [6.07, 6.45) is 7.24. The minimum Gasteiger partial charge on any atom is -0.377 e. The highest BCUT2D eigenvalue weighted by Gasteiger charge is 2.18. The zero-order valence-electron chi connectivity index (χ0n) is 10.9. The molecular formula is C14H19FN2O2. The van der Waals surface area contributed by atoms with Crippen molar-refractivity contribution < 1.29 is 9.31 Å². The number of nitro groups is 1. The number of halogens is 1. The molecule has 0 bridgehead atoms. The molecule has 0 saturated heterocycles. The van der Waals surface area contributed by atoms with E-state index in [-0.39, 0.29) is 11.4 Å². The molecule has 1 aromatic carbocycles. The minimum atomic E-state index is -0.558. The van der Waals surface area contributed by atoms with Crippen molar-refractivity contribution in [2.75, 3.05) is 11.9 Å². The van der Waals surface area contributed by atoms with Crippen molar-refractivity contribution in [3.63, 3.8) is 0 Å². The molecule has 1 saturated carbocycles. The van der Waals surface area contributed by atoms with Crippen LogP contribution < -0.4 is 5.32 Å². The van der Waals surface area contributed by atoms with Crippen LogP contribution in [0.25, 0.3) is 0 Å². The fraction of sp³-hybridized carbons (Fsp3) is 0.571. The molecule has 1 fully saturated rings. The van der Waals surface area contributed by atoms with Crippen molar-refractivity contribution in [3.05, 3.63) is 34.1 Å². The van der Waals surface area contributed by atoms with Crippen LogP contribution in [0.1, 0.15) is 38.5 Å².